The van der Waals surface area contributed by atoms with E-state index in [9.17, 15) is 9.59 Å². The molecular formula is C19H19N3O3S. The lowest BCUT2D eigenvalue weighted by Gasteiger charge is -2.10. The third-order valence-corrected chi connectivity index (χ3v) is 4.76. The van der Waals surface area contributed by atoms with Crippen LogP contribution >= 0.6 is 11.5 Å². The molecule has 0 radical (unpaired) electrons. The molecule has 0 aliphatic carbocycles. The molecule has 3 rings (SSSR count). The van der Waals surface area contributed by atoms with E-state index in [-0.39, 0.29) is 11.8 Å². The number of aryl methyl sites for hydroxylation is 1. The average molecular weight is 369 g/mol. The molecule has 1 aromatic heterocycles. The molecule has 134 valence electrons. The third-order valence-electron chi connectivity index (χ3n) is 3.93. The Morgan fingerprint density at radius 1 is 1.15 bits per heavy atom. The lowest BCUT2D eigenvalue weighted by molar-refractivity contribution is 0.0936. The molecular weight excluding hydrogens is 350 g/mol. The summed E-state index contributed by atoms with van der Waals surface area (Å²) in [6.45, 7) is 2.75. The molecule has 0 unspecified atom stereocenters. The van der Waals surface area contributed by atoms with Gasteiger partial charge in [-0.15, -0.1) is 0 Å². The number of amides is 2. The SMILES string of the molecule is COCCNC(=O)c1ccc(C)c(NC(=O)c2nsc3ccccc23)c1. The van der Waals surface area contributed by atoms with E-state index in [0.717, 1.165) is 15.6 Å². The van der Waals surface area contributed by atoms with Crippen LogP contribution in [0.2, 0.25) is 0 Å². The number of carbonyl (C=O) groups is 2. The van der Waals surface area contributed by atoms with Gasteiger partial charge in [-0.2, -0.15) is 4.37 Å². The third kappa shape index (κ3) is 3.89. The molecule has 0 aliphatic heterocycles. The summed E-state index contributed by atoms with van der Waals surface area (Å²) in [4.78, 5) is 24.8. The van der Waals surface area contributed by atoms with Gasteiger partial charge in [-0.25, -0.2) is 0 Å². The molecule has 7 heteroatoms. The first-order chi connectivity index (χ1) is 12.6. The van der Waals surface area contributed by atoms with Gasteiger partial charge in [-0.1, -0.05) is 24.3 Å². The van der Waals surface area contributed by atoms with E-state index in [0.29, 0.717) is 30.1 Å². The minimum atomic E-state index is -0.289. The van der Waals surface area contributed by atoms with Gasteiger partial charge in [0.1, 0.15) is 5.69 Å². The van der Waals surface area contributed by atoms with Gasteiger partial charge in [-0.3, -0.25) is 9.59 Å². The van der Waals surface area contributed by atoms with E-state index in [1.54, 1.807) is 25.3 Å². The Hall–Kier alpha value is -2.77. The van der Waals surface area contributed by atoms with Crippen molar-refractivity contribution < 1.29 is 14.3 Å². The number of nitrogens with one attached hydrogen (secondary N) is 2. The predicted octanol–water partition coefficient (Wildman–Crippen LogP) is 3.23. The Labute approximate surface area is 155 Å². The maximum absolute atomic E-state index is 12.6. The molecule has 0 saturated heterocycles. The van der Waals surface area contributed by atoms with E-state index < -0.39 is 0 Å². The van der Waals surface area contributed by atoms with Crippen molar-refractivity contribution in [1.82, 2.24) is 9.69 Å². The van der Waals surface area contributed by atoms with Crippen molar-refractivity contribution in [3.63, 3.8) is 0 Å². The van der Waals surface area contributed by atoms with Crippen LogP contribution in [-0.2, 0) is 4.74 Å². The summed E-state index contributed by atoms with van der Waals surface area (Å²) in [6.07, 6.45) is 0. The van der Waals surface area contributed by atoms with Crippen molar-refractivity contribution in [2.45, 2.75) is 6.92 Å². The minimum absolute atomic E-state index is 0.211. The molecule has 2 amide bonds. The van der Waals surface area contributed by atoms with Gasteiger partial charge < -0.3 is 15.4 Å². The second-order valence-electron chi connectivity index (χ2n) is 5.76. The standard InChI is InChI=1S/C19H19N3O3S/c1-12-7-8-13(18(23)20-9-10-25-2)11-15(12)21-19(24)17-14-5-3-4-6-16(14)26-22-17/h3-8,11H,9-10H2,1-2H3,(H,20,23)(H,21,24). The van der Waals surface area contributed by atoms with Crippen molar-refractivity contribution in [1.29, 1.82) is 0 Å². The number of carbonyl (C=O) groups excluding carboxylic acids is 2. The molecule has 2 aromatic carbocycles. The van der Waals surface area contributed by atoms with Gasteiger partial charge in [0, 0.05) is 30.3 Å². The Balaban J connectivity index is 1.79. The van der Waals surface area contributed by atoms with Gasteiger partial charge in [0.05, 0.1) is 11.3 Å². The maximum atomic E-state index is 12.6. The smallest absolute Gasteiger partial charge is 0.276 e. The molecule has 0 atom stereocenters. The van der Waals surface area contributed by atoms with Crippen molar-refractivity contribution in [3.8, 4) is 0 Å². The van der Waals surface area contributed by atoms with Crippen LogP contribution in [0.1, 0.15) is 26.4 Å². The Bertz CT molecular complexity index is 952. The summed E-state index contributed by atoms with van der Waals surface area (Å²) in [5.41, 5.74) is 2.32. The lowest BCUT2D eigenvalue weighted by Crippen LogP contribution is -2.27. The number of aromatic nitrogens is 1. The molecule has 0 bridgehead atoms. The van der Waals surface area contributed by atoms with Crippen LogP contribution in [0.3, 0.4) is 0 Å². The van der Waals surface area contributed by atoms with E-state index in [2.05, 4.69) is 15.0 Å². The fourth-order valence-electron chi connectivity index (χ4n) is 2.50. The Morgan fingerprint density at radius 2 is 1.96 bits per heavy atom. The van der Waals surface area contributed by atoms with Crippen LogP contribution in [0.4, 0.5) is 5.69 Å². The van der Waals surface area contributed by atoms with Gasteiger partial charge in [-0.05, 0) is 42.2 Å². The predicted molar refractivity (Wildman–Crippen MR) is 103 cm³/mol. The van der Waals surface area contributed by atoms with E-state index >= 15 is 0 Å². The number of rotatable bonds is 6. The molecule has 0 saturated carbocycles. The van der Waals surface area contributed by atoms with Crippen LogP contribution in [0.25, 0.3) is 10.1 Å². The highest BCUT2D eigenvalue weighted by Gasteiger charge is 2.16. The van der Waals surface area contributed by atoms with Gasteiger partial charge in [0.15, 0.2) is 0 Å². The number of fused-ring (bicyclic) bond motifs is 1. The second-order valence-corrected chi connectivity index (χ2v) is 6.56. The maximum Gasteiger partial charge on any atom is 0.276 e. The quantitative estimate of drug-likeness (QED) is 0.654. The fourth-order valence-corrected chi connectivity index (χ4v) is 3.27. The van der Waals surface area contributed by atoms with Crippen LogP contribution in [0.15, 0.2) is 42.5 Å². The van der Waals surface area contributed by atoms with E-state index in [4.69, 9.17) is 4.74 Å². The molecule has 26 heavy (non-hydrogen) atoms. The van der Waals surface area contributed by atoms with E-state index in [1.165, 1.54) is 11.5 Å². The Kier molecular flexibility index (Phi) is 5.60. The summed E-state index contributed by atoms with van der Waals surface area (Å²) in [7, 11) is 1.58. The number of hydrogen-bond acceptors (Lipinski definition) is 5. The summed E-state index contributed by atoms with van der Waals surface area (Å²) in [5, 5.41) is 6.45. The zero-order valence-electron chi connectivity index (χ0n) is 14.5. The molecule has 1 heterocycles. The molecule has 0 aliphatic rings. The number of benzene rings is 2. The normalized spacial score (nSPS) is 10.7. The first-order valence-electron chi connectivity index (χ1n) is 8.13. The molecule has 2 N–H and O–H groups in total. The van der Waals surface area contributed by atoms with Crippen LogP contribution in [0.5, 0.6) is 0 Å². The molecule has 0 spiro atoms. The monoisotopic (exact) mass is 369 g/mol. The highest BCUT2D eigenvalue weighted by molar-refractivity contribution is 7.13. The largest absolute Gasteiger partial charge is 0.383 e. The van der Waals surface area contributed by atoms with Crippen LogP contribution in [-0.4, -0.2) is 36.4 Å². The van der Waals surface area contributed by atoms with Crippen LogP contribution < -0.4 is 10.6 Å². The first kappa shape index (κ1) is 18.0. The summed E-state index contributed by atoms with van der Waals surface area (Å²) >= 11 is 1.29. The molecule has 6 nitrogen and oxygen atoms in total. The highest BCUT2D eigenvalue weighted by Crippen LogP contribution is 2.24. The summed E-state index contributed by atoms with van der Waals surface area (Å²) in [5.74, 6) is -0.501. The van der Waals surface area contributed by atoms with Crippen molar-refractivity contribution >= 4 is 39.1 Å². The number of ether oxygens (including phenoxy) is 1. The van der Waals surface area contributed by atoms with E-state index in [1.807, 2.05) is 31.2 Å². The van der Waals surface area contributed by atoms with Crippen molar-refractivity contribution in [3.05, 3.63) is 59.3 Å². The zero-order valence-corrected chi connectivity index (χ0v) is 15.4. The summed E-state index contributed by atoms with van der Waals surface area (Å²) in [6, 6.07) is 12.8. The topological polar surface area (TPSA) is 80.3 Å². The van der Waals surface area contributed by atoms with Crippen molar-refractivity contribution in [2.75, 3.05) is 25.6 Å². The van der Waals surface area contributed by atoms with Crippen molar-refractivity contribution in [2.24, 2.45) is 0 Å². The second kappa shape index (κ2) is 8.07. The fraction of sp³-hybridized carbons (Fsp3) is 0.211. The Morgan fingerprint density at radius 3 is 2.77 bits per heavy atom. The van der Waals surface area contributed by atoms with Gasteiger partial charge in [0.25, 0.3) is 11.8 Å². The number of nitrogens with zero attached hydrogens (tertiary/aromatic N) is 1. The number of anilines is 1. The number of hydrogen-bond donors (Lipinski definition) is 2. The first-order valence-corrected chi connectivity index (χ1v) is 8.91. The molecule has 0 fully saturated rings. The lowest BCUT2D eigenvalue weighted by atomic mass is 10.1. The van der Waals surface area contributed by atoms with Gasteiger partial charge in [0.2, 0.25) is 0 Å². The molecule has 3 aromatic rings. The van der Waals surface area contributed by atoms with Gasteiger partial charge >= 0.3 is 0 Å². The number of methoxy groups -OCH3 is 1. The zero-order chi connectivity index (χ0) is 18.5. The van der Waals surface area contributed by atoms with Crippen LogP contribution in [0, 0.1) is 6.92 Å². The average Bonchev–Trinajstić information content (AvgIpc) is 3.08. The minimum Gasteiger partial charge on any atom is -0.383 e. The highest BCUT2D eigenvalue weighted by atomic mass is 32.1. The summed E-state index contributed by atoms with van der Waals surface area (Å²) < 4.78 is 10.1.